The van der Waals surface area contributed by atoms with E-state index in [4.69, 9.17) is 0 Å². The highest BCUT2D eigenvalue weighted by atomic mass is 32.2. The number of aromatic nitrogens is 5. The standard InChI is InChI=1S/C25H20FN5OS/c1-17-7-12-22-27-21(13-23(32)30(22)14-17)16-33-25-29-28-24(19-8-10-20(26)11-9-19)31(25)15-18-5-3-2-4-6-18/h2-14H,15-16H2,1H3. The Hall–Kier alpha value is -3.78. The third kappa shape index (κ3) is 4.56. The van der Waals surface area contributed by atoms with Crippen LogP contribution in [0.4, 0.5) is 4.39 Å². The van der Waals surface area contributed by atoms with Gasteiger partial charge in [0, 0.05) is 23.6 Å². The van der Waals surface area contributed by atoms with Gasteiger partial charge in [0.2, 0.25) is 0 Å². The first-order valence-electron chi connectivity index (χ1n) is 10.4. The maximum absolute atomic E-state index is 13.4. The molecule has 0 spiro atoms. The molecule has 3 aromatic heterocycles. The van der Waals surface area contributed by atoms with Crippen molar-refractivity contribution in [2.45, 2.75) is 24.4 Å². The van der Waals surface area contributed by atoms with Crippen LogP contribution in [0.3, 0.4) is 0 Å². The lowest BCUT2D eigenvalue weighted by molar-refractivity contribution is 0.628. The molecule has 164 valence electrons. The normalized spacial score (nSPS) is 11.2. The Labute approximate surface area is 193 Å². The molecule has 0 fully saturated rings. The molecule has 0 aliphatic heterocycles. The van der Waals surface area contributed by atoms with E-state index in [0.29, 0.717) is 34.6 Å². The van der Waals surface area contributed by atoms with E-state index in [1.165, 1.54) is 23.9 Å². The van der Waals surface area contributed by atoms with Gasteiger partial charge in [-0.15, -0.1) is 10.2 Å². The summed E-state index contributed by atoms with van der Waals surface area (Å²) in [5.74, 6) is 0.824. The summed E-state index contributed by atoms with van der Waals surface area (Å²) < 4.78 is 17.0. The van der Waals surface area contributed by atoms with Gasteiger partial charge in [-0.1, -0.05) is 48.2 Å². The molecule has 8 heteroatoms. The van der Waals surface area contributed by atoms with Crippen LogP contribution in [0, 0.1) is 12.7 Å². The first kappa shape index (κ1) is 21.1. The van der Waals surface area contributed by atoms with Gasteiger partial charge < -0.3 is 0 Å². The first-order valence-corrected chi connectivity index (χ1v) is 11.4. The maximum Gasteiger partial charge on any atom is 0.258 e. The molecule has 6 nitrogen and oxygen atoms in total. The molecule has 5 rings (SSSR count). The molecule has 0 aliphatic carbocycles. The Morgan fingerprint density at radius 2 is 1.76 bits per heavy atom. The number of pyridine rings is 1. The van der Waals surface area contributed by atoms with Crippen LogP contribution in [0.1, 0.15) is 16.8 Å². The number of aryl methyl sites for hydroxylation is 1. The van der Waals surface area contributed by atoms with Crippen molar-refractivity contribution in [3.8, 4) is 11.4 Å². The smallest absolute Gasteiger partial charge is 0.258 e. The SMILES string of the molecule is Cc1ccc2nc(CSc3nnc(-c4ccc(F)cc4)n3Cc3ccccc3)cc(=O)n2c1. The monoisotopic (exact) mass is 457 g/mol. The number of thioether (sulfide) groups is 1. The molecule has 33 heavy (non-hydrogen) atoms. The molecule has 0 radical (unpaired) electrons. The molecule has 0 aliphatic rings. The molecule has 0 atom stereocenters. The van der Waals surface area contributed by atoms with Crippen LogP contribution in [0.5, 0.6) is 0 Å². The van der Waals surface area contributed by atoms with Crippen LogP contribution in [0.15, 0.2) is 88.9 Å². The highest BCUT2D eigenvalue weighted by molar-refractivity contribution is 7.98. The lowest BCUT2D eigenvalue weighted by atomic mass is 10.2. The Morgan fingerprint density at radius 1 is 0.970 bits per heavy atom. The van der Waals surface area contributed by atoms with Gasteiger partial charge >= 0.3 is 0 Å². The number of rotatable bonds is 6. The summed E-state index contributed by atoms with van der Waals surface area (Å²) in [6.07, 6.45) is 1.78. The topological polar surface area (TPSA) is 65.1 Å². The van der Waals surface area contributed by atoms with Crippen LogP contribution in [-0.4, -0.2) is 24.1 Å². The number of hydrogen-bond acceptors (Lipinski definition) is 5. The minimum absolute atomic E-state index is 0.114. The molecule has 5 aromatic rings. The number of halogens is 1. The number of benzene rings is 2. The molecule has 0 saturated carbocycles. The Balaban J connectivity index is 1.47. The van der Waals surface area contributed by atoms with E-state index < -0.39 is 0 Å². The van der Waals surface area contributed by atoms with Gasteiger partial charge in [0.1, 0.15) is 11.5 Å². The minimum Gasteiger partial charge on any atom is -0.298 e. The Morgan fingerprint density at radius 3 is 2.55 bits per heavy atom. The van der Waals surface area contributed by atoms with Gasteiger partial charge in [-0.05, 0) is 48.4 Å². The van der Waals surface area contributed by atoms with Crippen molar-refractivity contribution >= 4 is 17.4 Å². The molecular formula is C25H20FN5OS. The van der Waals surface area contributed by atoms with Gasteiger partial charge in [0.05, 0.1) is 12.2 Å². The predicted molar refractivity (Wildman–Crippen MR) is 127 cm³/mol. The third-order valence-electron chi connectivity index (χ3n) is 5.21. The molecule has 0 saturated heterocycles. The van der Waals surface area contributed by atoms with Crippen LogP contribution < -0.4 is 5.56 Å². The Bertz CT molecular complexity index is 1480. The van der Waals surface area contributed by atoms with Crippen molar-refractivity contribution in [3.63, 3.8) is 0 Å². The van der Waals surface area contributed by atoms with Crippen LogP contribution in [0.25, 0.3) is 17.0 Å². The fourth-order valence-corrected chi connectivity index (χ4v) is 4.42. The Kier molecular flexibility index (Phi) is 5.75. The largest absolute Gasteiger partial charge is 0.298 e. The average Bonchev–Trinajstić information content (AvgIpc) is 3.21. The summed E-state index contributed by atoms with van der Waals surface area (Å²) in [4.78, 5) is 17.2. The summed E-state index contributed by atoms with van der Waals surface area (Å²) in [6, 6.07) is 21.6. The molecule has 0 unspecified atom stereocenters. The summed E-state index contributed by atoms with van der Waals surface area (Å²) in [7, 11) is 0. The molecule has 2 aromatic carbocycles. The van der Waals surface area contributed by atoms with Gasteiger partial charge in [-0.2, -0.15) is 0 Å². The summed E-state index contributed by atoms with van der Waals surface area (Å²) >= 11 is 1.46. The number of nitrogens with zero attached hydrogens (tertiary/aromatic N) is 5. The zero-order valence-corrected chi connectivity index (χ0v) is 18.7. The summed E-state index contributed by atoms with van der Waals surface area (Å²) in [5.41, 5.74) is 4.05. The molecule has 3 heterocycles. The van der Waals surface area contributed by atoms with E-state index in [1.54, 1.807) is 28.8 Å². The van der Waals surface area contributed by atoms with Crippen LogP contribution in [0.2, 0.25) is 0 Å². The van der Waals surface area contributed by atoms with Crippen LogP contribution in [-0.2, 0) is 12.3 Å². The van der Waals surface area contributed by atoms with Crippen molar-refractivity contribution in [3.05, 3.63) is 112 Å². The highest BCUT2D eigenvalue weighted by Gasteiger charge is 2.16. The lowest BCUT2D eigenvalue weighted by Gasteiger charge is -2.11. The van der Waals surface area contributed by atoms with Gasteiger partial charge in [-0.3, -0.25) is 13.8 Å². The highest BCUT2D eigenvalue weighted by Crippen LogP contribution is 2.27. The van der Waals surface area contributed by atoms with E-state index >= 15 is 0 Å². The van der Waals surface area contributed by atoms with Crippen LogP contribution >= 0.6 is 11.8 Å². The second-order valence-electron chi connectivity index (χ2n) is 7.69. The molecular weight excluding hydrogens is 437 g/mol. The van der Waals surface area contributed by atoms with E-state index in [0.717, 1.165) is 16.7 Å². The summed E-state index contributed by atoms with van der Waals surface area (Å²) in [5, 5.41) is 9.48. The lowest BCUT2D eigenvalue weighted by Crippen LogP contribution is -2.15. The van der Waals surface area contributed by atoms with Gasteiger partial charge in [0.15, 0.2) is 11.0 Å². The maximum atomic E-state index is 13.4. The van der Waals surface area contributed by atoms with Crippen molar-refractivity contribution in [1.82, 2.24) is 24.1 Å². The molecule has 0 bridgehead atoms. The fraction of sp³-hybridized carbons (Fsp3) is 0.120. The average molecular weight is 458 g/mol. The second-order valence-corrected chi connectivity index (χ2v) is 8.64. The fourth-order valence-electron chi connectivity index (χ4n) is 3.59. The number of hydrogen-bond donors (Lipinski definition) is 0. The minimum atomic E-state index is -0.300. The van der Waals surface area contributed by atoms with Gasteiger partial charge in [0.25, 0.3) is 5.56 Å². The molecule has 0 N–H and O–H groups in total. The molecule has 0 amide bonds. The van der Waals surface area contributed by atoms with E-state index in [2.05, 4.69) is 15.2 Å². The van der Waals surface area contributed by atoms with Crippen molar-refractivity contribution in [2.75, 3.05) is 0 Å². The zero-order chi connectivity index (χ0) is 22.8. The van der Waals surface area contributed by atoms with Crippen molar-refractivity contribution in [1.29, 1.82) is 0 Å². The second kappa shape index (κ2) is 8.99. The van der Waals surface area contributed by atoms with Crippen molar-refractivity contribution < 1.29 is 4.39 Å². The summed E-state index contributed by atoms with van der Waals surface area (Å²) in [6.45, 7) is 2.50. The first-order chi connectivity index (χ1) is 16.1. The van der Waals surface area contributed by atoms with Gasteiger partial charge in [-0.25, -0.2) is 9.37 Å². The van der Waals surface area contributed by atoms with E-state index in [9.17, 15) is 9.18 Å². The zero-order valence-electron chi connectivity index (χ0n) is 17.9. The van der Waals surface area contributed by atoms with Crippen molar-refractivity contribution in [2.24, 2.45) is 0 Å². The predicted octanol–water partition coefficient (Wildman–Crippen LogP) is 4.74. The number of fused-ring (bicyclic) bond motifs is 1. The third-order valence-corrected chi connectivity index (χ3v) is 6.21. The van der Waals surface area contributed by atoms with E-state index in [-0.39, 0.29) is 11.4 Å². The quantitative estimate of drug-likeness (QED) is 0.345. The van der Waals surface area contributed by atoms with E-state index in [1.807, 2.05) is 54.0 Å².